The standard InChI is InChI=1S/C22H22N4O6S/c1-15-10-11-19(23-14-15)33(28,29)26-21-20(32-18-9-5-4-8-17(18)30-3)22(25-16(2)24-21)31-13-7-6-12-27/h4-5,8-11,14,27H,12-13H2,1-3H3,(H,24,25,26). The molecule has 172 valence electrons. The van der Waals surface area contributed by atoms with Gasteiger partial charge in [0.05, 0.1) is 7.11 Å². The Hall–Kier alpha value is -3.88. The number of para-hydroxylation sites is 2. The van der Waals surface area contributed by atoms with Gasteiger partial charge in [-0.3, -0.25) is 4.72 Å². The van der Waals surface area contributed by atoms with E-state index in [4.69, 9.17) is 19.3 Å². The molecule has 0 unspecified atom stereocenters. The molecular formula is C22H22N4O6S. The molecule has 0 saturated heterocycles. The number of nitrogens with one attached hydrogen (secondary N) is 1. The fourth-order valence-corrected chi connectivity index (χ4v) is 3.55. The lowest BCUT2D eigenvalue weighted by Crippen LogP contribution is -2.17. The van der Waals surface area contributed by atoms with Crippen molar-refractivity contribution in [1.29, 1.82) is 0 Å². The highest BCUT2D eigenvalue weighted by molar-refractivity contribution is 7.92. The first-order chi connectivity index (χ1) is 15.8. The van der Waals surface area contributed by atoms with Crippen LogP contribution in [0.25, 0.3) is 0 Å². The van der Waals surface area contributed by atoms with Crippen molar-refractivity contribution >= 4 is 15.8 Å². The van der Waals surface area contributed by atoms with Crippen LogP contribution in [-0.4, -0.2) is 48.8 Å². The topological polar surface area (TPSA) is 133 Å². The van der Waals surface area contributed by atoms with E-state index >= 15 is 0 Å². The molecule has 10 nitrogen and oxygen atoms in total. The molecule has 2 N–H and O–H groups in total. The average molecular weight is 471 g/mol. The Morgan fingerprint density at radius 1 is 1.06 bits per heavy atom. The number of hydrogen-bond donors (Lipinski definition) is 2. The summed E-state index contributed by atoms with van der Waals surface area (Å²) in [5.74, 6) is 5.68. The molecule has 1 aromatic carbocycles. The summed E-state index contributed by atoms with van der Waals surface area (Å²) in [7, 11) is -2.63. The molecule has 0 saturated carbocycles. The highest BCUT2D eigenvalue weighted by Gasteiger charge is 2.24. The predicted molar refractivity (Wildman–Crippen MR) is 120 cm³/mol. The summed E-state index contributed by atoms with van der Waals surface area (Å²) >= 11 is 0. The third-order valence-corrected chi connectivity index (χ3v) is 5.36. The van der Waals surface area contributed by atoms with Gasteiger partial charge in [0.25, 0.3) is 15.9 Å². The molecule has 0 radical (unpaired) electrons. The number of rotatable bonds is 8. The van der Waals surface area contributed by atoms with E-state index in [1.54, 1.807) is 44.2 Å². The maximum Gasteiger partial charge on any atom is 0.280 e. The first kappa shape index (κ1) is 23.8. The molecule has 0 aliphatic heterocycles. The lowest BCUT2D eigenvalue weighted by Gasteiger charge is -2.17. The molecule has 11 heteroatoms. The zero-order valence-corrected chi connectivity index (χ0v) is 19.0. The summed E-state index contributed by atoms with van der Waals surface area (Å²) in [5, 5.41) is 8.64. The number of aliphatic hydroxyl groups is 1. The fourth-order valence-electron chi connectivity index (χ4n) is 2.61. The smallest absolute Gasteiger partial charge is 0.280 e. The van der Waals surface area contributed by atoms with Crippen LogP contribution in [0.2, 0.25) is 0 Å². The second kappa shape index (κ2) is 10.6. The van der Waals surface area contributed by atoms with E-state index in [0.29, 0.717) is 5.75 Å². The van der Waals surface area contributed by atoms with Crippen molar-refractivity contribution in [2.45, 2.75) is 18.9 Å². The molecule has 33 heavy (non-hydrogen) atoms. The molecule has 0 aliphatic rings. The van der Waals surface area contributed by atoms with Gasteiger partial charge in [-0.25, -0.2) is 9.97 Å². The number of anilines is 1. The molecule has 0 spiro atoms. The zero-order valence-electron chi connectivity index (χ0n) is 18.2. The Morgan fingerprint density at radius 3 is 2.48 bits per heavy atom. The third kappa shape index (κ3) is 6.09. The van der Waals surface area contributed by atoms with E-state index in [0.717, 1.165) is 5.56 Å². The van der Waals surface area contributed by atoms with Crippen LogP contribution < -0.4 is 18.9 Å². The highest BCUT2D eigenvalue weighted by Crippen LogP contribution is 2.40. The van der Waals surface area contributed by atoms with Crippen LogP contribution in [0.15, 0.2) is 47.6 Å². The van der Waals surface area contributed by atoms with Gasteiger partial charge in [-0.15, -0.1) is 0 Å². The maximum atomic E-state index is 13.0. The lowest BCUT2D eigenvalue weighted by molar-refractivity contribution is 0.322. The first-order valence-electron chi connectivity index (χ1n) is 9.68. The molecule has 2 heterocycles. The minimum absolute atomic E-state index is 0.0461. The van der Waals surface area contributed by atoms with Gasteiger partial charge < -0.3 is 19.3 Å². The Balaban J connectivity index is 2.07. The number of aliphatic hydroxyl groups excluding tert-OH is 1. The SMILES string of the molecule is COc1ccccc1Oc1c(NS(=O)(=O)c2ccc(C)cn2)nc(C)nc1OCC#CCO. The number of aromatic nitrogens is 3. The van der Waals surface area contributed by atoms with Crippen molar-refractivity contribution in [1.82, 2.24) is 15.0 Å². The van der Waals surface area contributed by atoms with Crippen molar-refractivity contribution in [3.05, 3.63) is 54.0 Å². The van der Waals surface area contributed by atoms with Gasteiger partial charge in [0.15, 0.2) is 28.9 Å². The molecule has 0 amide bonds. The van der Waals surface area contributed by atoms with Crippen molar-refractivity contribution < 1.29 is 27.7 Å². The summed E-state index contributed by atoms with van der Waals surface area (Å²) in [6.45, 7) is 2.92. The number of sulfonamides is 1. The summed E-state index contributed by atoms with van der Waals surface area (Å²) in [5.41, 5.74) is 0.812. The van der Waals surface area contributed by atoms with E-state index in [1.165, 1.54) is 19.4 Å². The largest absolute Gasteiger partial charge is 0.493 e. The summed E-state index contributed by atoms with van der Waals surface area (Å²) in [6, 6.07) is 9.80. The Morgan fingerprint density at radius 2 is 1.82 bits per heavy atom. The monoisotopic (exact) mass is 470 g/mol. The van der Waals surface area contributed by atoms with E-state index in [2.05, 4.69) is 31.5 Å². The Kier molecular flexibility index (Phi) is 7.66. The molecule has 3 rings (SSSR count). The number of benzene rings is 1. The van der Waals surface area contributed by atoms with Gasteiger partial charge in [-0.1, -0.05) is 30.0 Å². The first-order valence-corrected chi connectivity index (χ1v) is 11.2. The third-order valence-electron chi connectivity index (χ3n) is 4.10. The van der Waals surface area contributed by atoms with Gasteiger partial charge in [-0.2, -0.15) is 13.4 Å². The van der Waals surface area contributed by atoms with E-state index < -0.39 is 10.0 Å². The molecule has 0 bridgehead atoms. The highest BCUT2D eigenvalue weighted by atomic mass is 32.2. The van der Waals surface area contributed by atoms with Crippen LogP contribution >= 0.6 is 0 Å². The van der Waals surface area contributed by atoms with Crippen molar-refractivity contribution in [2.75, 3.05) is 25.0 Å². The average Bonchev–Trinajstić information content (AvgIpc) is 2.79. The van der Waals surface area contributed by atoms with E-state index in [-0.39, 0.29) is 47.3 Å². The minimum Gasteiger partial charge on any atom is -0.493 e. The van der Waals surface area contributed by atoms with Gasteiger partial charge >= 0.3 is 0 Å². The van der Waals surface area contributed by atoms with Crippen LogP contribution in [0.1, 0.15) is 11.4 Å². The second-order valence-corrected chi connectivity index (χ2v) is 8.22. The number of nitrogens with zero attached hydrogens (tertiary/aromatic N) is 3. The maximum absolute atomic E-state index is 13.0. The zero-order chi connectivity index (χ0) is 23.8. The number of pyridine rings is 1. The van der Waals surface area contributed by atoms with Crippen LogP contribution in [0.4, 0.5) is 5.82 Å². The minimum atomic E-state index is -4.10. The fraction of sp³-hybridized carbons (Fsp3) is 0.227. The number of ether oxygens (including phenoxy) is 3. The molecule has 2 aromatic heterocycles. The number of methoxy groups -OCH3 is 1. The summed E-state index contributed by atoms with van der Waals surface area (Å²) in [4.78, 5) is 12.4. The molecule has 0 atom stereocenters. The molecule has 0 aliphatic carbocycles. The van der Waals surface area contributed by atoms with Gasteiger partial charge in [0, 0.05) is 6.20 Å². The van der Waals surface area contributed by atoms with Crippen LogP contribution in [0.5, 0.6) is 23.1 Å². The van der Waals surface area contributed by atoms with Gasteiger partial charge in [0.2, 0.25) is 5.75 Å². The van der Waals surface area contributed by atoms with Crippen molar-refractivity contribution in [3.8, 4) is 35.0 Å². The number of aryl methyl sites for hydroxylation is 2. The van der Waals surface area contributed by atoms with Crippen molar-refractivity contribution in [3.63, 3.8) is 0 Å². The van der Waals surface area contributed by atoms with E-state index in [1.807, 2.05) is 0 Å². The quantitative estimate of drug-likeness (QED) is 0.476. The van der Waals surface area contributed by atoms with Crippen LogP contribution in [-0.2, 0) is 10.0 Å². The van der Waals surface area contributed by atoms with E-state index in [9.17, 15) is 8.42 Å². The second-order valence-electron chi connectivity index (χ2n) is 6.59. The summed E-state index contributed by atoms with van der Waals surface area (Å²) in [6.07, 6.45) is 1.44. The van der Waals surface area contributed by atoms with Crippen molar-refractivity contribution in [2.24, 2.45) is 0 Å². The van der Waals surface area contributed by atoms with Gasteiger partial charge in [-0.05, 0) is 37.6 Å². The van der Waals surface area contributed by atoms with Crippen LogP contribution in [0, 0.1) is 25.7 Å². The normalized spacial score (nSPS) is 10.7. The molecule has 0 fully saturated rings. The lowest BCUT2D eigenvalue weighted by atomic mass is 10.3. The summed E-state index contributed by atoms with van der Waals surface area (Å²) < 4.78 is 45.2. The predicted octanol–water partition coefficient (Wildman–Crippen LogP) is 2.46. The Bertz CT molecular complexity index is 1280. The Labute approximate surface area is 191 Å². The van der Waals surface area contributed by atoms with Crippen LogP contribution in [0.3, 0.4) is 0 Å². The molecule has 3 aromatic rings. The number of hydrogen-bond acceptors (Lipinski definition) is 9. The molecular weight excluding hydrogens is 448 g/mol. The van der Waals surface area contributed by atoms with Gasteiger partial charge in [0.1, 0.15) is 12.4 Å².